The van der Waals surface area contributed by atoms with Crippen molar-refractivity contribution in [1.82, 2.24) is 9.78 Å². The van der Waals surface area contributed by atoms with Crippen LogP contribution in [-0.2, 0) is 6.54 Å². The second-order valence-corrected chi connectivity index (χ2v) is 4.89. The number of benzene rings is 1. The molecule has 3 nitrogen and oxygen atoms in total. The van der Waals surface area contributed by atoms with E-state index in [4.69, 9.17) is 5.73 Å². The molecule has 0 radical (unpaired) electrons. The fourth-order valence-corrected chi connectivity index (χ4v) is 2.33. The van der Waals surface area contributed by atoms with Gasteiger partial charge >= 0.3 is 0 Å². The molecule has 2 rings (SSSR count). The van der Waals surface area contributed by atoms with Gasteiger partial charge in [0.15, 0.2) is 0 Å². The Balaban J connectivity index is 2.30. The minimum atomic E-state index is 0.753. The topological polar surface area (TPSA) is 43.8 Å². The van der Waals surface area contributed by atoms with Crippen LogP contribution in [0.4, 0.5) is 5.69 Å². The summed E-state index contributed by atoms with van der Waals surface area (Å²) in [4.78, 5) is 0. The van der Waals surface area contributed by atoms with Crippen molar-refractivity contribution in [2.24, 2.45) is 0 Å². The van der Waals surface area contributed by atoms with Gasteiger partial charge in [0.1, 0.15) is 0 Å². The minimum absolute atomic E-state index is 0.753. The van der Waals surface area contributed by atoms with E-state index in [1.165, 1.54) is 0 Å². The molecule has 0 fully saturated rings. The molecule has 0 aliphatic carbocycles. The van der Waals surface area contributed by atoms with Gasteiger partial charge in [-0.2, -0.15) is 5.10 Å². The molecule has 16 heavy (non-hydrogen) atoms. The van der Waals surface area contributed by atoms with Crippen LogP contribution in [0.25, 0.3) is 0 Å². The molecule has 0 aliphatic rings. The van der Waals surface area contributed by atoms with Crippen molar-refractivity contribution < 1.29 is 0 Å². The molecular formula is C12H14BrN3. The fourth-order valence-electron chi connectivity index (χ4n) is 1.77. The van der Waals surface area contributed by atoms with Gasteiger partial charge in [0.05, 0.1) is 12.2 Å². The summed E-state index contributed by atoms with van der Waals surface area (Å²) in [6.07, 6.45) is 0. The number of halogens is 1. The van der Waals surface area contributed by atoms with E-state index in [9.17, 15) is 0 Å². The summed E-state index contributed by atoms with van der Waals surface area (Å²) in [7, 11) is 0. The molecule has 0 spiro atoms. The van der Waals surface area contributed by atoms with Gasteiger partial charge in [-0.3, -0.25) is 4.68 Å². The molecule has 0 bridgehead atoms. The molecule has 0 unspecified atom stereocenters. The van der Waals surface area contributed by atoms with Crippen molar-refractivity contribution in [3.8, 4) is 0 Å². The first-order valence-electron chi connectivity index (χ1n) is 5.10. The Morgan fingerprint density at radius 2 is 2.00 bits per heavy atom. The van der Waals surface area contributed by atoms with Gasteiger partial charge in [0.25, 0.3) is 0 Å². The maximum atomic E-state index is 5.80. The molecule has 0 saturated carbocycles. The normalized spacial score (nSPS) is 10.7. The molecule has 1 heterocycles. The Hall–Kier alpha value is -1.29. The van der Waals surface area contributed by atoms with Gasteiger partial charge in [0.2, 0.25) is 0 Å². The number of aromatic nitrogens is 2. The van der Waals surface area contributed by atoms with Crippen LogP contribution in [-0.4, -0.2) is 9.78 Å². The maximum Gasteiger partial charge on any atom is 0.0663 e. The molecule has 0 atom stereocenters. The Labute approximate surface area is 103 Å². The molecule has 0 amide bonds. The van der Waals surface area contributed by atoms with Crippen LogP contribution in [0, 0.1) is 13.8 Å². The molecule has 1 aromatic heterocycles. The van der Waals surface area contributed by atoms with E-state index in [2.05, 4.69) is 40.1 Å². The fraction of sp³-hybridized carbons (Fsp3) is 0.250. The number of rotatable bonds is 2. The zero-order valence-electron chi connectivity index (χ0n) is 9.37. The van der Waals surface area contributed by atoms with Gasteiger partial charge in [-0.05, 0) is 43.7 Å². The first-order chi connectivity index (χ1) is 7.54. The summed E-state index contributed by atoms with van der Waals surface area (Å²) in [6.45, 7) is 4.81. The second kappa shape index (κ2) is 4.29. The predicted octanol–water partition coefficient (Wildman–Crippen LogP) is 2.89. The predicted molar refractivity (Wildman–Crippen MR) is 69.4 cm³/mol. The largest absolute Gasteiger partial charge is 0.399 e. The number of anilines is 1. The van der Waals surface area contributed by atoms with Crippen molar-refractivity contribution in [3.05, 3.63) is 45.7 Å². The number of hydrogen-bond donors (Lipinski definition) is 1. The minimum Gasteiger partial charge on any atom is -0.399 e. The monoisotopic (exact) mass is 279 g/mol. The lowest BCUT2D eigenvalue weighted by molar-refractivity contribution is 0.659. The summed E-state index contributed by atoms with van der Waals surface area (Å²) in [5, 5.41) is 4.43. The highest BCUT2D eigenvalue weighted by atomic mass is 79.9. The van der Waals surface area contributed by atoms with Gasteiger partial charge in [-0.25, -0.2) is 0 Å². The Bertz CT molecular complexity index is 497. The van der Waals surface area contributed by atoms with Crippen molar-refractivity contribution in [1.29, 1.82) is 0 Å². The smallest absolute Gasteiger partial charge is 0.0663 e. The summed E-state index contributed by atoms with van der Waals surface area (Å²) in [5.74, 6) is 0. The van der Waals surface area contributed by atoms with Crippen LogP contribution in [0.15, 0.2) is 28.7 Å². The van der Waals surface area contributed by atoms with Crippen molar-refractivity contribution >= 4 is 21.6 Å². The van der Waals surface area contributed by atoms with Gasteiger partial charge < -0.3 is 5.73 Å². The third kappa shape index (κ3) is 2.44. The highest BCUT2D eigenvalue weighted by molar-refractivity contribution is 9.10. The average Bonchev–Trinajstić information content (AvgIpc) is 2.43. The molecule has 0 aliphatic heterocycles. The Morgan fingerprint density at radius 1 is 1.25 bits per heavy atom. The second-order valence-electron chi connectivity index (χ2n) is 3.98. The van der Waals surface area contributed by atoms with Crippen molar-refractivity contribution in [2.45, 2.75) is 20.4 Å². The van der Waals surface area contributed by atoms with E-state index in [1.807, 2.05) is 23.7 Å². The van der Waals surface area contributed by atoms with Crippen LogP contribution in [0.3, 0.4) is 0 Å². The van der Waals surface area contributed by atoms with Crippen LogP contribution in [0.2, 0.25) is 0 Å². The van der Waals surface area contributed by atoms with Crippen molar-refractivity contribution in [3.63, 3.8) is 0 Å². The number of hydrogen-bond acceptors (Lipinski definition) is 2. The quantitative estimate of drug-likeness (QED) is 0.860. The first-order valence-corrected chi connectivity index (χ1v) is 5.90. The van der Waals surface area contributed by atoms with E-state index in [0.29, 0.717) is 0 Å². The highest BCUT2D eigenvalue weighted by Gasteiger charge is 2.03. The zero-order valence-corrected chi connectivity index (χ0v) is 11.0. The van der Waals surface area contributed by atoms with Crippen LogP contribution >= 0.6 is 15.9 Å². The van der Waals surface area contributed by atoms with Crippen molar-refractivity contribution in [2.75, 3.05) is 5.73 Å². The van der Waals surface area contributed by atoms with E-state index in [1.54, 1.807) is 0 Å². The van der Waals surface area contributed by atoms with Crippen LogP contribution < -0.4 is 5.73 Å². The zero-order chi connectivity index (χ0) is 11.7. The Kier molecular flexibility index (Phi) is 3.01. The number of nitrogen functional groups attached to an aromatic ring is 1. The highest BCUT2D eigenvalue weighted by Crippen LogP contribution is 2.18. The number of nitrogens with two attached hydrogens (primary N) is 1. The van der Waals surface area contributed by atoms with Gasteiger partial charge in [-0.15, -0.1) is 0 Å². The molecule has 84 valence electrons. The van der Waals surface area contributed by atoms with Crippen LogP contribution in [0.1, 0.15) is 17.0 Å². The summed E-state index contributed by atoms with van der Waals surface area (Å²) < 4.78 is 2.99. The average molecular weight is 280 g/mol. The third-order valence-electron chi connectivity index (χ3n) is 2.42. The molecule has 1 aromatic carbocycles. The summed E-state index contributed by atoms with van der Waals surface area (Å²) in [6, 6.07) is 8.00. The number of aryl methyl sites for hydroxylation is 2. The SMILES string of the molecule is Cc1cc(C)n(Cc2cc(N)cc(Br)c2)n1. The van der Waals surface area contributed by atoms with Gasteiger partial charge in [-0.1, -0.05) is 15.9 Å². The lowest BCUT2D eigenvalue weighted by Crippen LogP contribution is -2.04. The van der Waals surface area contributed by atoms with E-state index in [-0.39, 0.29) is 0 Å². The first kappa shape index (κ1) is 11.2. The summed E-state index contributed by atoms with van der Waals surface area (Å²) in [5.41, 5.74) is 9.92. The van der Waals surface area contributed by atoms with Gasteiger partial charge in [0, 0.05) is 15.9 Å². The van der Waals surface area contributed by atoms with E-state index >= 15 is 0 Å². The molecular weight excluding hydrogens is 266 g/mol. The van der Waals surface area contributed by atoms with E-state index < -0.39 is 0 Å². The molecule has 0 saturated heterocycles. The van der Waals surface area contributed by atoms with Crippen LogP contribution in [0.5, 0.6) is 0 Å². The standard InChI is InChI=1S/C12H14BrN3/c1-8-3-9(2)16(15-8)7-10-4-11(13)6-12(14)5-10/h3-6H,7,14H2,1-2H3. The maximum absolute atomic E-state index is 5.80. The van der Waals surface area contributed by atoms with E-state index in [0.717, 1.165) is 33.7 Å². The molecule has 2 N–H and O–H groups in total. The molecule has 4 heteroatoms. The Morgan fingerprint density at radius 3 is 2.56 bits per heavy atom. The lowest BCUT2D eigenvalue weighted by atomic mass is 10.2. The lowest BCUT2D eigenvalue weighted by Gasteiger charge is -2.06. The molecule has 2 aromatic rings. The summed E-state index contributed by atoms with van der Waals surface area (Å²) >= 11 is 3.44. The number of nitrogens with zero attached hydrogens (tertiary/aromatic N) is 2. The third-order valence-corrected chi connectivity index (χ3v) is 2.87.